The molecule has 21 heavy (non-hydrogen) atoms. The van der Waals surface area contributed by atoms with Crippen molar-refractivity contribution in [3.8, 4) is 0 Å². The normalized spacial score (nSPS) is 12.3. The van der Waals surface area contributed by atoms with Crippen molar-refractivity contribution in [3.05, 3.63) is 22.7 Å². The average Bonchev–Trinajstić information content (AvgIpc) is 2.80. The summed E-state index contributed by atoms with van der Waals surface area (Å²) in [6.07, 6.45) is 0.609. The quantitative estimate of drug-likeness (QED) is 0.797. The Balaban J connectivity index is 1.80. The minimum Gasteiger partial charge on any atom is -0.424 e. The minimum absolute atomic E-state index is 0.0323. The number of oxazole rings is 1. The van der Waals surface area contributed by atoms with Gasteiger partial charge in [0, 0.05) is 17.1 Å². The smallest absolute Gasteiger partial charge is 0.295 e. The van der Waals surface area contributed by atoms with E-state index in [0.29, 0.717) is 24.6 Å². The van der Waals surface area contributed by atoms with E-state index in [1.165, 1.54) is 0 Å². The summed E-state index contributed by atoms with van der Waals surface area (Å²) in [5.74, 6) is -0.267. The second kappa shape index (κ2) is 7.40. The van der Waals surface area contributed by atoms with Gasteiger partial charge in [0.1, 0.15) is 5.52 Å². The Bertz CT molecular complexity index is 617. The van der Waals surface area contributed by atoms with Gasteiger partial charge < -0.3 is 15.1 Å². The molecule has 1 heterocycles. The number of fused-ring (bicyclic) bond motifs is 1. The molecule has 5 nitrogen and oxygen atoms in total. The van der Waals surface area contributed by atoms with Gasteiger partial charge in [-0.15, -0.1) is 0 Å². The molecule has 0 fully saturated rings. The summed E-state index contributed by atoms with van der Waals surface area (Å²) in [4.78, 5) is 15.5. The number of benzene rings is 1. The van der Waals surface area contributed by atoms with Crippen LogP contribution in [0.2, 0.25) is 0 Å². The second-order valence-corrected chi connectivity index (χ2v) is 5.67. The van der Waals surface area contributed by atoms with Crippen LogP contribution in [0.15, 0.2) is 27.1 Å². The van der Waals surface area contributed by atoms with Crippen LogP contribution in [0, 0.1) is 0 Å². The largest absolute Gasteiger partial charge is 0.424 e. The number of halogens is 2. The summed E-state index contributed by atoms with van der Waals surface area (Å²) >= 11 is 3.37. The molecule has 7 heteroatoms. The first-order valence-corrected chi connectivity index (χ1v) is 7.53. The molecular weight excluding hydrogens is 341 g/mol. The Labute approximate surface area is 130 Å². The summed E-state index contributed by atoms with van der Waals surface area (Å²) in [6.45, 7) is 1.85. The van der Waals surface area contributed by atoms with Crippen molar-refractivity contribution in [1.82, 2.24) is 10.3 Å². The molecule has 0 aliphatic rings. The van der Waals surface area contributed by atoms with Gasteiger partial charge in [0.2, 0.25) is 5.91 Å². The molecular formula is C14H17BrFN3O2. The second-order valence-electron chi connectivity index (χ2n) is 4.75. The molecule has 0 spiro atoms. The fourth-order valence-electron chi connectivity index (χ4n) is 1.87. The van der Waals surface area contributed by atoms with E-state index in [4.69, 9.17) is 4.42 Å². The number of amides is 1. The molecule has 1 aromatic carbocycles. The molecule has 2 aromatic rings. The average molecular weight is 358 g/mol. The molecule has 0 aliphatic heterocycles. The van der Waals surface area contributed by atoms with Gasteiger partial charge in [-0.25, -0.2) is 0 Å². The Morgan fingerprint density at radius 3 is 3.10 bits per heavy atom. The first kappa shape index (κ1) is 15.8. The lowest BCUT2D eigenvalue weighted by Crippen LogP contribution is -2.34. The van der Waals surface area contributed by atoms with Crippen molar-refractivity contribution in [2.75, 3.05) is 18.5 Å². The fourth-order valence-corrected chi connectivity index (χ4v) is 2.21. The lowest BCUT2D eigenvalue weighted by molar-refractivity contribution is -0.121. The molecule has 1 aromatic heterocycles. The summed E-state index contributed by atoms with van der Waals surface area (Å²) in [6, 6.07) is 6.04. The fraction of sp³-hybridized carbons (Fsp3) is 0.429. The SMILES string of the molecule is CC(CCNc1nc2ccc(Br)cc2o1)NC(=O)CCF. The minimum atomic E-state index is -0.630. The molecule has 2 N–H and O–H groups in total. The van der Waals surface area contributed by atoms with Crippen molar-refractivity contribution in [1.29, 1.82) is 0 Å². The Hall–Kier alpha value is -1.63. The monoisotopic (exact) mass is 357 g/mol. The third-order valence-corrected chi connectivity index (χ3v) is 3.43. The van der Waals surface area contributed by atoms with Gasteiger partial charge in [0.05, 0.1) is 13.1 Å². The van der Waals surface area contributed by atoms with Crippen LogP contribution < -0.4 is 10.6 Å². The van der Waals surface area contributed by atoms with Crippen LogP contribution >= 0.6 is 15.9 Å². The number of rotatable bonds is 7. The van der Waals surface area contributed by atoms with E-state index >= 15 is 0 Å². The predicted molar refractivity (Wildman–Crippen MR) is 83.0 cm³/mol. The molecule has 2 rings (SSSR count). The van der Waals surface area contributed by atoms with E-state index in [0.717, 1.165) is 9.99 Å². The highest BCUT2D eigenvalue weighted by Crippen LogP contribution is 2.22. The van der Waals surface area contributed by atoms with Gasteiger partial charge in [-0.05, 0) is 31.5 Å². The van der Waals surface area contributed by atoms with Gasteiger partial charge in [-0.2, -0.15) is 4.98 Å². The molecule has 114 valence electrons. The number of nitrogens with zero attached hydrogens (tertiary/aromatic N) is 1. The van der Waals surface area contributed by atoms with Crippen LogP contribution in [0.3, 0.4) is 0 Å². The van der Waals surface area contributed by atoms with E-state index in [1.807, 2.05) is 25.1 Å². The van der Waals surface area contributed by atoms with E-state index < -0.39 is 6.67 Å². The van der Waals surface area contributed by atoms with E-state index in [1.54, 1.807) is 0 Å². The Morgan fingerprint density at radius 2 is 2.33 bits per heavy atom. The zero-order valence-corrected chi connectivity index (χ0v) is 13.2. The van der Waals surface area contributed by atoms with Gasteiger partial charge in [0.15, 0.2) is 5.58 Å². The van der Waals surface area contributed by atoms with Crippen LogP contribution in [0.25, 0.3) is 11.1 Å². The number of nitrogens with one attached hydrogen (secondary N) is 2. The van der Waals surface area contributed by atoms with Crippen molar-refractivity contribution < 1.29 is 13.6 Å². The van der Waals surface area contributed by atoms with Crippen molar-refractivity contribution in [3.63, 3.8) is 0 Å². The van der Waals surface area contributed by atoms with Crippen LogP contribution in [0.5, 0.6) is 0 Å². The number of hydrogen-bond donors (Lipinski definition) is 2. The molecule has 0 radical (unpaired) electrons. The standard InChI is InChI=1S/C14H17BrFN3O2/c1-9(18-13(20)4-6-16)5-7-17-14-19-11-3-2-10(15)8-12(11)21-14/h2-3,8-9H,4-7H2,1H3,(H,17,19)(H,18,20). The molecule has 0 saturated heterocycles. The van der Waals surface area contributed by atoms with Crippen molar-refractivity contribution in [2.45, 2.75) is 25.8 Å². The maximum atomic E-state index is 12.0. The van der Waals surface area contributed by atoms with Crippen LogP contribution in [-0.4, -0.2) is 30.2 Å². The summed E-state index contributed by atoms with van der Waals surface area (Å²) in [5.41, 5.74) is 1.49. The maximum absolute atomic E-state index is 12.0. The lowest BCUT2D eigenvalue weighted by Gasteiger charge is -2.13. The summed E-state index contributed by atoms with van der Waals surface area (Å²) in [5, 5.41) is 5.80. The number of anilines is 1. The third-order valence-electron chi connectivity index (χ3n) is 2.93. The van der Waals surface area contributed by atoms with Gasteiger partial charge >= 0.3 is 0 Å². The molecule has 1 unspecified atom stereocenters. The van der Waals surface area contributed by atoms with Gasteiger partial charge in [-0.1, -0.05) is 15.9 Å². The first-order chi connectivity index (χ1) is 10.1. The van der Waals surface area contributed by atoms with Crippen LogP contribution in [0.4, 0.5) is 10.4 Å². The third kappa shape index (κ3) is 4.70. The van der Waals surface area contributed by atoms with Crippen molar-refractivity contribution >= 4 is 39.0 Å². The Morgan fingerprint density at radius 1 is 1.52 bits per heavy atom. The first-order valence-electron chi connectivity index (χ1n) is 6.74. The number of carbonyl (C=O) groups excluding carboxylic acids is 1. The predicted octanol–water partition coefficient (Wildman–Crippen LogP) is 3.26. The molecule has 0 saturated carbocycles. The topological polar surface area (TPSA) is 67.2 Å². The number of hydrogen-bond acceptors (Lipinski definition) is 4. The van der Waals surface area contributed by atoms with E-state index in [-0.39, 0.29) is 18.4 Å². The Kier molecular flexibility index (Phi) is 5.55. The highest BCUT2D eigenvalue weighted by atomic mass is 79.9. The number of alkyl halides is 1. The highest BCUT2D eigenvalue weighted by Gasteiger charge is 2.09. The molecule has 1 atom stereocenters. The lowest BCUT2D eigenvalue weighted by atomic mass is 10.2. The summed E-state index contributed by atoms with van der Waals surface area (Å²) < 4.78 is 18.5. The maximum Gasteiger partial charge on any atom is 0.295 e. The molecule has 0 bridgehead atoms. The molecule has 0 aliphatic carbocycles. The summed E-state index contributed by atoms with van der Waals surface area (Å²) in [7, 11) is 0. The van der Waals surface area contributed by atoms with Crippen LogP contribution in [0.1, 0.15) is 19.8 Å². The van der Waals surface area contributed by atoms with Crippen molar-refractivity contribution in [2.24, 2.45) is 0 Å². The van der Waals surface area contributed by atoms with Gasteiger partial charge in [0.25, 0.3) is 6.01 Å². The van der Waals surface area contributed by atoms with Crippen LogP contribution in [-0.2, 0) is 4.79 Å². The van der Waals surface area contributed by atoms with Gasteiger partial charge in [-0.3, -0.25) is 9.18 Å². The molecule has 1 amide bonds. The van der Waals surface area contributed by atoms with E-state index in [2.05, 4.69) is 31.5 Å². The highest BCUT2D eigenvalue weighted by molar-refractivity contribution is 9.10. The zero-order valence-electron chi connectivity index (χ0n) is 11.7. The zero-order chi connectivity index (χ0) is 15.2. The number of aromatic nitrogens is 1. The number of carbonyl (C=O) groups is 1. The van der Waals surface area contributed by atoms with E-state index in [9.17, 15) is 9.18 Å².